The summed E-state index contributed by atoms with van der Waals surface area (Å²) < 4.78 is 11.4. The average molecular weight is 334 g/mol. The van der Waals surface area contributed by atoms with Gasteiger partial charge in [0.05, 0.1) is 7.11 Å². The molecule has 3 rings (SSSR count). The van der Waals surface area contributed by atoms with Crippen molar-refractivity contribution in [3.63, 3.8) is 0 Å². The summed E-state index contributed by atoms with van der Waals surface area (Å²) in [6.45, 7) is 0.533. The van der Waals surface area contributed by atoms with Crippen LogP contribution in [0.3, 0.4) is 0 Å². The first kappa shape index (κ1) is 17.6. The third kappa shape index (κ3) is 4.18. The highest BCUT2D eigenvalue weighted by molar-refractivity contribution is 5.85. The van der Waals surface area contributed by atoms with Crippen LogP contribution in [0.15, 0.2) is 48.5 Å². The number of hydrogen-bond acceptors (Lipinski definition) is 3. The van der Waals surface area contributed by atoms with Crippen molar-refractivity contribution in [1.82, 2.24) is 0 Å². The highest BCUT2D eigenvalue weighted by Gasteiger charge is 2.26. The maximum absolute atomic E-state index is 6.34. The van der Waals surface area contributed by atoms with Gasteiger partial charge in [0.15, 0.2) is 11.5 Å². The van der Waals surface area contributed by atoms with E-state index in [4.69, 9.17) is 15.2 Å². The lowest BCUT2D eigenvalue weighted by atomic mass is 9.77. The highest BCUT2D eigenvalue weighted by Crippen LogP contribution is 2.38. The minimum absolute atomic E-state index is 0. The zero-order valence-electron chi connectivity index (χ0n) is 13.4. The van der Waals surface area contributed by atoms with Gasteiger partial charge in [-0.05, 0) is 42.0 Å². The quantitative estimate of drug-likeness (QED) is 0.846. The van der Waals surface area contributed by atoms with Crippen LogP contribution in [0.5, 0.6) is 11.5 Å². The first-order chi connectivity index (χ1) is 10.8. The van der Waals surface area contributed by atoms with Crippen LogP contribution in [0.1, 0.15) is 36.4 Å². The molecule has 3 nitrogen and oxygen atoms in total. The lowest BCUT2D eigenvalue weighted by Gasteiger charge is -2.31. The Bertz CT molecular complexity index is 614. The Balaban J connectivity index is 0.00000192. The fraction of sp³-hybridized carbons (Fsp3) is 0.368. The number of hydrogen-bond donors (Lipinski definition) is 1. The van der Waals surface area contributed by atoms with Crippen LogP contribution in [0.2, 0.25) is 0 Å². The molecule has 0 spiro atoms. The first-order valence-electron chi connectivity index (χ1n) is 7.88. The standard InChI is InChI=1S/C19H23NO2.ClH/c1-21-18-12-16(19(20)15-8-5-9-15)10-11-17(18)22-13-14-6-3-2-4-7-14;/h2-4,6-7,10-12,15,19H,5,8-9,13,20H2,1H3;1H/t19-;/m0./s1. The molecule has 1 fully saturated rings. The molecule has 0 heterocycles. The van der Waals surface area contributed by atoms with Gasteiger partial charge in [0.1, 0.15) is 6.61 Å². The van der Waals surface area contributed by atoms with Gasteiger partial charge in [0.25, 0.3) is 0 Å². The van der Waals surface area contributed by atoms with E-state index >= 15 is 0 Å². The summed E-state index contributed by atoms with van der Waals surface area (Å²) in [4.78, 5) is 0. The zero-order chi connectivity index (χ0) is 15.4. The molecule has 0 aromatic heterocycles. The van der Waals surface area contributed by atoms with Gasteiger partial charge < -0.3 is 15.2 Å². The Hall–Kier alpha value is -1.71. The van der Waals surface area contributed by atoms with E-state index in [1.165, 1.54) is 19.3 Å². The molecule has 124 valence electrons. The van der Waals surface area contributed by atoms with E-state index in [1.807, 2.05) is 42.5 Å². The van der Waals surface area contributed by atoms with Gasteiger partial charge >= 0.3 is 0 Å². The summed E-state index contributed by atoms with van der Waals surface area (Å²) in [5, 5.41) is 0. The predicted octanol–water partition coefficient (Wildman–Crippen LogP) is 4.50. The van der Waals surface area contributed by atoms with Crippen molar-refractivity contribution in [2.45, 2.75) is 31.9 Å². The number of methoxy groups -OCH3 is 1. The van der Waals surface area contributed by atoms with Gasteiger partial charge in [-0.15, -0.1) is 12.4 Å². The highest BCUT2D eigenvalue weighted by atomic mass is 35.5. The van der Waals surface area contributed by atoms with Gasteiger partial charge in [-0.25, -0.2) is 0 Å². The molecule has 0 aliphatic heterocycles. The second kappa shape index (κ2) is 8.23. The number of ether oxygens (including phenoxy) is 2. The molecule has 0 bridgehead atoms. The molecular weight excluding hydrogens is 310 g/mol. The topological polar surface area (TPSA) is 44.5 Å². The van der Waals surface area contributed by atoms with E-state index in [2.05, 4.69) is 6.07 Å². The van der Waals surface area contributed by atoms with Crippen LogP contribution in [0, 0.1) is 5.92 Å². The summed E-state index contributed by atoms with van der Waals surface area (Å²) >= 11 is 0. The second-order valence-electron chi connectivity index (χ2n) is 5.90. The number of nitrogens with two attached hydrogens (primary N) is 1. The van der Waals surface area contributed by atoms with Crippen LogP contribution in [-0.4, -0.2) is 7.11 Å². The van der Waals surface area contributed by atoms with E-state index in [9.17, 15) is 0 Å². The first-order valence-corrected chi connectivity index (χ1v) is 7.88. The third-order valence-electron chi connectivity index (χ3n) is 4.47. The predicted molar refractivity (Wildman–Crippen MR) is 95.3 cm³/mol. The third-order valence-corrected chi connectivity index (χ3v) is 4.47. The smallest absolute Gasteiger partial charge is 0.161 e. The largest absolute Gasteiger partial charge is 0.493 e. The van der Waals surface area contributed by atoms with Crippen LogP contribution in [0.4, 0.5) is 0 Å². The average Bonchev–Trinajstić information content (AvgIpc) is 2.52. The molecule has 0 unspecified atom stereocenters. The van der Waals surface area contributed by atoms with Crippen molar-refractivity contribution in [3.8, 4) is 11.5 Å². The summed E-state index contributed by atoms with van der Waals surface area (Å²) in [7, 11) is 1.67. The fourth-order valence-corrected chi connectivity index (χ4v) is 2.82. The van der Waals surface area contributed by atoms with Gasteiger partial charge in [-0.3, -0.25) is 0 Å². The minimum Gasteiger partial charge on any atom is -0.493 e. The molecule has 2 aromatic rings. The maximum atomic E-state index is 6.34. The molecule has 0 radical (unpaired) electrons. The molecule has 2 aromatic carbocycles. The van der Waals surface area contributed by atoms with Crippen LogP contribution >= 0.6 is 12.4 Å². The van der Waals surface area contributed by atoms with Crippen molar-refractivity contribution in [3.05, 3.63) is 59.7 Å². The maximum Gasteiger partial charge on any atom is 0.161 e. The Morgan fingerprint density at radius 3 is 2.43 bits per heavy atom. The van der Waals surface area contributed by atoms with E-state index in [0.29, 0.717) is 12.5 Å². The normalized spacial score (nSPS) is 15.2. The van der Waals surface area contributed by atoms with Crippen molar-refractivity contribution in [1.29, 1.82) is 0 Å². The molecular formula is C19H24ClNO2. The van der Waals surface area contributed by atoms with Crippen LogP contribution in [0.25, 0.3) is 0 Å². The Kier molecular flexibility index (Phi) is 6.31. The fourth-order valence-electron chi connectivity index (χ4n) is 2.82. The second-order valence-corrected chi connectivity index (χ2v) is 5.90. The molecule has 4 heteroatoms. The lowest BCUT2D eigenvalue weighted by molar-refractivity contribution is 0.262. The van der Waals surface area contributed by atoms with E-state index < -0.39 is 0 Å². The summed E-state index contributed by atoms with van der Waals surface area (Å²) in [6.07, 6.45) is 3.76. The SMILES string of the molecule is COc1cc([C@@H](N)C2CCC2)ccc1OCc1ccccc1.Cl. The molecule has 1 saturated carbocycles. The van der Waals surface area contributed by atoms with Crippen LogP contribution < -0.4 is 15.2 Å². The van der Waals surface area contributed by atoms with Gasteiger partial charge in [0, 0.05) is 6.04 Å². The van der Waals surface area contributed by atoms with Crippen LogP contribution in [-0.2, 0) is 6.61 Å². The van der Waals surface area contributed by atoms with Crippen molar-refractivity contribution in [2.75, 3.05) is 7.11 Å². The lowest BCUT2D eigenvalue weighted by Crippen LogP contribution is -2.26. The van der Waals surface area contributed by atoms with E-state index in [0.717, 1.165) is 22.6 Å². The number of halogens is 1. The summed E-state index contributed by atoms with van der Waals surface area (Å²) in [6, 6.07) is 16.3. The van der Waals surface area contributed by atoms with Gasteiger partial charge in [-0.1, -0.05) is 42.8 Å². The molecule has 1 aliphatic rings. The summed E-state index contributed by atoms with van der Waals surface area (Å²) in [5.41, 5.74) is 8.61. The van der Waals surface area contributed by atoms with Crippen molar-refractivity contribution in [2.24, 2.45) is 11.7 Å². The van der Waals surface area contributed by atoms with Gasteiger partial charge in [-0.2, -0.15) is 0 Å². The molecule has 0 saturated heterocycles. The number of benzene rings is 2. The Morgan fingerprint density at radius 1 is 1.09 bits per heavy atom. The van der Waals surface area contributed by atoms with Crippen molar-refractivity contribution < 1.29 is 9.47 Å². The van der Waals surface area contributed by atoms with Crippen molar-refractivity contribution >= 4 is 12.4 Å². The molecule has 1 aliphatic carbocycles. The zero-order valence-corrected chi connectivity index (χ0v) is 14.2. The molecule has 2 N–H and O–H groups in total. The monoisotopic (exact) mass is 333 g/mol. The summed E-state index contributed by atoms with van der Waals surface area (Å²) in [5.74, 6) is 2.12. The van der Waals surface area contributed by atoms with E-state index in [-0.39, 0.29) is 18.4 Å². The minimum atomic E-state index is 0. The Morgan fingerprint density at radius 2 is 1.83 bits per heavy atom. The molecule has 23 heavy (non-hydrogen) atoms. The molecule has 0 amide bonds. The Labute approximate surface area is 144 Å². The van der Waals surface area contributed by atoms with Gasteiger partial charge in [0.2, 0.25) is 0 Å². The van der Waals surface area contributed by atoms with E-state index in [1.54, 1.807) is 7.11 Å². The number of rotatable bonds is 6. The molecule has 1 atom stereocenters.